The third kappa shape index (κ3) is 1.90. The average molecular weight is 232 g/mol. The van der Waals surface area contributed by atoms with E-state index >= 15 is 0 Å². The molecule has 0 aliphatic heterocycles. The number of hydrogen-bond donors (Lipinski definition) is 5. The van der Waals surface area contributed by atoms with Gasteiger partial charge in [0.15, 0.2) is 11.5 Å². The molecule has 0 fully saturated rings. The fourth-order valence-electron chi connectivity index (χ4n) is 1.54. The Balaban J connectivity index is 2.57. The molecule has 2 aromatic rings. The molecule has 0 radical (unpaired) electrons. The minimum Gasteiger partial charge on any atom is -0.506 e. The monoisotopic (exact) mass is 232 g/mol. The number of benzene rings is 2. The minimum atomic E-state index is -0.347. The summed E-state index contributed by atoms with van der Waals surface area (Å²) in [7, 11) is 0. The molecule has 0 heterocycles. The maximum absolute atomic E-state index is 9.46. The predicted molar refractivity (Wildman–Crippen MR) is 65.7 cm³/mol. The van der Waals surface area contributed by atoms with Crippen LogP contribution in [-0.2, 0) is 0 Å². The Hall–Kier alpha value is -2.56. The molecule has 0 aliphatic rings. The van der Waals surface area contributed by atoms with Crippen molar-refractivity contribution in [1.29, 1.82) is 0 Å². The van der Waals surface area contributed by atoms with E-state index in [-0.39, 0.29) is 28.6 Å². The number of rotatable bonds is 1. The molecule has 88 valence electrons. The van der Waals surface area contributed by atoms with Crippen LogP contribution >= 0.6 is 0 Å². The van der Waals surface area contributed by atoms with Crippen LogP contribution in [0.1, 0.15) is 0 Å². The lowest BCUT2D eigenvalue weighted by atomic mass is 10.0. The van der Waals surface area contributed by atoms with Gasteiger partial charge in [-0.2, -0.15) is 0 Å². The second-order valence-electron chi connectivity index (χ2n) is 3.71. The highest BCUT2D eigenvalue weighted by Crippen LogP contribution is 2.37. The van der Waals surface area contributed by atoms with Gasteiger partial charge in [-0.1, -0.05) is 6.07 Å². The molecule has 2 rings (SSSR count). The summed E-state index contributed by atoms with van der Waals surface area (Å²) >= 11 is 0. The maximum atomic E-state index is 9.46. The van der Waals surface area contributed by atoms with E-state index in [1.807, 2.05) is 0 Å². The summed E-state index contributed by atoms with van der Waals surface area (Å²) in [6.45, 7) is 0. The van der Waals surface area contributed by atoms with E-state index in [1.54, 1.807) is 12.1 Å². The van der Waals surface area contributed by atoms with Crippen molar-refractivity contribution in [3.8, 4) is 28.4 Å². The van der Waals surface area contributed by atoms with Gasteiger partial charge in [0.1, 0.15) is 5.75 Å². The second kappa shape index (κ2) is 3.79. The van der Waals surface area contributed by atoms with Crippen molar-refractivity contribution in [3.63, 3.8) is 0 Å². The van der Waals surface area contributed by atoms with Gasteiger partial charge in [-0.15, -0.1) is 0 Å². The Morgan fingerprint density at radius 2 is 1.35 bits per heavy atom. The SMILES string of the molecule is Nc1cc(-c2cc(N)c(O)c(O)c2)ccc1O. The molecule has 0 spiro atoms. The summed E-state index contributed by atoms with van der Waals surface area (Å²) in [6, 6.07) is 7.53. The molecular formula is C12H12N2O3. The second-order valence-corrected chi connectivity index (χ2v) is 3.71. The largest absolute Gasteiger partial charge is 0.506 e. The number of nitrogen functional groups attached to an aromatic ring is 2. The van der Waals surface area contributed by atoms with Crippen molar-refractivity contribution < 1.29 is 15.3 Å². The van der Waals surface area contributed by atoms with Gasteiger partial charge in [-0.05, 0) is 35.4 Å². The summed E-state index contributed by atoms with van der Waals surface area (Å²) in [6.07, 6.45) is 0. The first-order chi connectivity index (χ1) is 7.99. The Morgan fingerprint density at radius 1 is 0.706 bits per heavy atom. The highest BCUT2D eigenvalue weighted by atomic mass is 16.3. The van der Waals surface area contributed by atoms with Crippen molar-refractivity contribution in [2.45, 2.75) is 0 Å². The van der Waals surface area contributed by atoms with Crippen LogP contribution in [0, 0.1) is 0 Å². The summed E-state index contributed by atoms with van der Waals surface area (Å²) in [4.78, 5) is 0. The van der Waals surface area contributed by atoms with Gasteiger partial charge in [-0.3, -0.25) is 0 Å². The average Bonchev–Trinajstić information content (AvgIpc) is 2.29. The molecule has 0 bridgehead atoms. The Morgan fingerprint density at radius 3 is 1.94 bits per heavy atom. The maximum Gasteiger partial charge on any atom is 0.181 e. The normalized spacial score (nSPS) is 10.4. The molecule has 0 unspecified atom stereocenters. The summed E-state index contributed by atoms with van der Waals surface area (Å²) in [5.74, 6) is -0.656. The Bertz CT molecular complexity index is 559. The minimum absolute atomic E-state index is 0.00952. The predicted octanol–water partition coefficient (Wildman–Crippen LogP) is 1.63. The summed E-state index contributed by atoms with van der Waals surface area (Å²) in [5.41, 5.74) is 12.7. The smallest absolute Gasteiger partial charge is 0.181 e. The molecular weight excluding hydrogens is 220 g/mol. The fourth-order valence-corrected chi connectivity index (χ4v) is 1.54. The first-order valence-corrected chi connectivity index (χ1v) is 4.89. The quantitative estimate of drug-likeness (QED) is 0.379. The van der Waals surface area contributed by atoms with E-state index in [1.165, 1.54) is 18.2 Å². The van der Waals surface area contributed by atoms with E-state index in [0.717, 1.165) is 0 Å². The standard InChI is InChI=1S/C12H12N2O3/c13-8-3-6(1-2-10(8)15)7-4-9(14)12(17)11(16)5-7/h1-5,15-17H,13-14H2. The van der Waals surface area contributed by atoms with Crippen LogP contribution in [0.3, 0.4) is 0 Å². The molecule has 7 N–H and O–H groups in total. The highest BCUT2D eigenvalue weighted by molar-refractivity contribution is 5.77. The Labute approximate surface area is 97.6 Å². The third-order valence-electron chi connectivity index (χ3n) is 2.48. The van der Waals surface area contributed by atoms with E-state index in [4.69, 9.17) is 11.5 Å². The summed E-state index contributed by atoms with van der Waals surface area (Å²) < 4.78 is 0. The first-order valence-electron chi connectivity index (χ1n) is 4.89. The number of phenols is 3. The third-order valence-corrected chi connectivity index (χ3v) is 2.48. The van der Waals surface area contributed by atoms with Crippen molar-refractivity contribution in [2.75, 3.05) is 11.5 Å². The van der Waals surface area contributed by atoms with Gasteiger partial charge in [0, 0.05) is 0 Å². The van der Waals surface area contributed by atoms with Crippen LogP contribution in [0.5, 0.6) is 17.2 Å². The molecule has 2 aromatic carbocycles. The molecule has 0 atom stereocenters. The van der Waals surface area contributed by atoms with Gasteiger partial charge in [-0.25, -0.2) is 0 Å². The van der Waals surface area contributed by atoms with Crippen molar-refractivity contribution in [2.24, 2.45) is 0 Å². The molecule has 5 heteroatoms. The van der Waals surface area contributed by atoms with Crippen molar-refractivity contribution in [3.05, 3.63) is 30.3 Å². The van der Waals surface area contributed by atoms with Crippen LogP contribution in [0.25, 0.3) is 11.1 Å². The fraction of sp³-hybridized carbons (Fsp3) is 0. The van der Waals surface area contributed by atoms with E-state index in [2.05, 4.69) is 0 Å². The lowest BCUT2D eigenvalue weighted by Gasteiger charge is -2.08. The number of aromatic hydroxyl groups is 3. The lowest BCUT2D eigenvalue weighted by Crippen LogP contribution is -1.90. The Kier molecular flexibility index (Phi) is 2.44. The van der Waals surface area contributed by atoms with E-state index < -0.39 is 0 Å². The van der Waals surface area contributed by atoms with Crippen LogP contribution in [-0.4, -0.2) is 15.3 Å². The van der Waals surface area contributed by atoms with Crippen molar-refractivity contribution >= 4 is 11.4 Å². The van der Waals surface area contributed by atoms with Gasteiger partial charge in [0.25, 0.3) is 0 Å². The molecule has 0 amide bonds. The number of nitrogens with two attached hydrogens (primary N) is 2. The zero-order chi connectivity index (χ0) is 12.6. The van der Waals surface area contributed by atoms with Gasteiger partial charge >= 0.3 is 0 Å². The van der Waals surface area contributed by atoms with Gasteiger partial charge in [0.05, 0.1) is 11.4 Å². The van der Waals surface area contributed by atoms with E-state index in [9.17, 15) is 15.3 Å². The zero-order valence-electron chi connectivity index (χ0n) is 8.88. The number of anilines is 2. The summed E-state index contributed by atoms with van der Waals surface area (Å²) in [5, 5.41) is 28.1. The number of phenolic OH excluding ortho intramolecular Hbond substituents is 3. The van der Waals surface area contributed by atoms with Crippen LogP contribution < -0.4 is 11.5 Å². The molecule has 0 aromatic heterocycles. The topological polar surface area (TPSA) is 113 Å². The van der Waals surface area contributed by atoms with E-state index in [0.29, 0.717) is 11.1 Å². The lowest BCUT2D eigenvalue weighted by molar-refractivity contribution is 0.406. The molecule has 17 heavy (non-hydrogen) atoms. The van der Waals surface area contributed by atoms with Crippen LogP contribution in [0.2, 0.25) is 0 Å². The molecule has 0 aliphatic carbocycles. The molecule has 5 nitrogen and oxygen atoms in total. The van der Waals surface area contributed by atoms with Crippen LogP contribution in [0.4, 0.5) is 11.4 Å². The van der Waals surface area contributed by atoms with Gasteiger partial charge in [0.2, 0.25) is 0 Å². The van der Waals surface area contributed by atoms with Crippen molar-refractivity contribution in [1.82, 2.24) is 0 Å². The van der Waals surface area contributed by atoms with Gasteiger partial charge < -0.3 is 26.8 Å². The molecule has 0 saturated heterocycles. The zero-order valence-corrected chi connectivity index (χ0v) is 8.88. The molecule has 0 saturated carbocycles. The highest BCUT2D eigenvalue weighted by Gasteiger charge is 2.09. The first kappa shape index (κ1) is 10.9. The van der Waals surface area contributed by atoms with Crippen LogP contribution in [0.15, 0.2) is 30.3 Å². The number of hydrogen-bond acceptors (Lipinski definition) is 5.